The average molecular weight is 333 g/mol. The molecule has 0 saturated heterocycles. The average Bonchev–Trinajstić information content (AvgIpc) is 3.05. The lowest BCUT2D eigenvalue weighted by molar-refractivity contribution is 0.682. The number of hydrogen-bond donors (Lipinski definition) is 2. The number of benzene rings is 1. The minimum absolute atomic E-state index is 0.807. The molecule has 0 unspecified atom stereocenters. The summed E-state index contributed by atoms with van der Waals surface area (Å²) in [6.07, 6.45) is 8.28. The van der Waals surface area contributed by atoms with Gasteiger partial charge in [-0.05, 0) is 42.9 Å². The van der Waals surface area contributed by atoms with Crippen LogP contribution in [0.5, 0.6) is 0 Å². The molecule has 128 valence electrons. The van der Waals surface area contributed by atoms with Gasteiger partial charge in [-0.25, -0.2) is 9.50 Å². The Kier molecular flexibility index (Phi) is 4.37. The fourth-order valence-electron chi connectivity index (χ4n) is 3.25. The van der Waals surface area contributed by atoms with Crippen LogP contribution in [0.2, 0.25) is 0 Å². The molecule has 0 atom stereocenters. The molecule has 0 radical (unpaired) electrons. The normalized spacial score (nSPS) is 15.8. The number of aromatic nitrogens is 3. The van der Waals surface area contributed by atoms with Crippen molar-refractivity contribution in [1.29, 1.82) is 0 Å². The molecule has 3 heterocycles. The van der Waals surface area contributed by atoms with Crippen LogP contribution in [0.25, 0.3) is 16.8 Å². The predicted molar refractivity (Wildman–Crippen MR) is 102 cm³/mol. The van der Waals surface area contributed by atoms with Crippen molar-refractivity contribution in [2.75, 3.05) is 18.4 Å². The molecular weight excluding hydrogens is 310 g/mol. The molecule has 1 aliphatic heterocycles. The third-order valence-corrected chi connectivity index (χ3v) is 4.61. The third-order valence-electron chi connectivity index (χ3n) is 4.61. The second kappa shape index (κ2) is 6.97. The molecule has 25 heavy (non-hydrogen) atoms. The number of aryl methyl sites for hydroxylation is 1. The lowest BCUT2D eigenvalue weighted by Crippen LogP contribution is -2.21. The molecule has 5 heteroatoms. The van der Waals surface area contributed by atoms with Crippen LogP contribution in [0.15, 0.2) is 55.0 Å². The summed E-state index contributed by atoms with van der Waals surface area (Å²) in [4.78, 5) is 4.76. The van der Waals surface area contributed by atoms with Crippen LogP contribution in [0, 0.1) is 0 Å². The van der Waals surface area contributed by atoms with Gasteiger partial charge in [0.2, 0.25) is 0 Å². The van der Waals surface area contributed by atoms with E-state index in [0.717, 1.165) is 55.1 Å². The van der Waals surface area contributed by atoms with Crippen molar-refractivity contribution < 1.29 is 0 Å². The van der Waals surface area contributed by atoms with Crippen molar-refractivity contribution in [2.45, 2.75) is 25.7 Å². The summed E-state index contributed by atoms with van der Waals surface area (Å²) < 4.78 is 1.83. The largest absolute Gasteiger partial charge is 0.387 e. The molecule has 0 spiro atoms. The molecular formula is C20H23N5. The number of rotatable bonds is 0. The highest BCUT2D eigenvalue weighted by molar-refractivity contribution is 5.78. The van der Waals surface area contributed by atoms with Crippen molar-refractivity contribution >= 4 is 11.5 Å². The van der Waals surface area contributed by atoms with Gasteiger partial charge in [0.1, 0.15) is 5.82 Å². The zero-order valence-electron chi connectivity index (χ0n) is 14.3. The maximum atomic E-state index is 4.76. The molecule has 0 saturated carbocycles. The standard InChI is InChI=1S/C20H23N5/c1-15-5-2-3-6-16-7-4-8-17(13-16)18-14-23-25-12-9-19(24-20(18)25)22-11-10-21-15/h4,7-9,12-14,21H,1-3,5-6,10-11H2,(H,22,24). The summed E-state index contributed by atoms with van der Waals surface area (Å²) >= 11 is 0. The lowest BCUT2D eigenvalue weighted by Gasteiger charge is -2.12. The highest BCUT2D eigenvalue weighted by atomic mass is 15.2. The van der Waals surface area contributed by atoms with E-state index in [1.165, 1.54) is 17.5 Å². The summed E-state index contributed by atoms with van der Waals surface area (Å²) in [6, 6.07) is 10.7. The van der Waals surface area contributed by atoms with Crippen molar-refractivity contribution in [3.05, 3.63) is 60.6 Å². The number of anilines is 1. The van der Waals surface area contributed by atoms with Gasteiger partial charge >= 0.3 is 0 Å². The Morgan fingerprint density at radius 3 is 2.88 bits per heavy atom. The summed E-state index contributed by atoms with van der Waals surface area (Å²) in [5.74, 6) is 0.866. The Balaban J connectivity index is 1.72. The SMILES string of the molecule is C=C1CCCCc2cccc(c2)-c2cnn3ccc(nc23)NCCN1. The van der Waals surface area contributed by atoms with E-state index in [4.69, 9.17) is 4.98 Å². The first-order valence-corrected chi connectivity index (χ1v) is 8.89. The molecule has 0 aliphatic carbocycles. The molecule has 0 fully saturated rings. The van der Waals surface area contributed by atoms with Crippen LogP contribution in [0.3, 0.4) is 0 Å². The van der Waals surface area contributed by atoms with Gasteiger partial charge in [-0.2, -0.15) is 5.10 Å². The number of hydrogen-bond acceptors (Lipinski definition) is 4. The predicted octanol–water partition coefficient (Wildman–Crippen LogP) is 3.64. The van der Waals surface area contributed by atoms with E-state index in [9.17, 15) is 0 Å². The quantitative estimate of drug-likeness (QED) is 0.659. The molecule has 0 amide bonds. The van der Waals surface area contributed by atoms with E-state index in [2.05, 4.69) is 46.6 Å². The Morgan fingerprint density at radius 2 is 1.92 bits per heavy atom. The first kappa shape index (κ1) is 15.7. The van der Waals surface area contributed by atoms with E-state index in [-0.39, 0.29) is 0 Å². The molecule has 4 rings (SSSR count). The molecule has 1 aromatic carbocycles. The minimum atomic E-state index is 0.807. The minimum Gasteiger partial charge on any atom is -0.387 e. The first-order valence-electron chi connectivity index (χ1n) is 8.89. The molecule has 3 aromatic rings. The number of fused-ring (bicyclic) bond motifs is 4. The highest BCUT2D eigenvalue weighted by Crippen LogP contribution is 2.25. The summed E-state index contributed by atoms with van der Waals surface area (Å²) in [5, 5.41) is 11.2. The number of nitrogens with zero attached hydrogens (tertiary/aromatic N) is 3. The Morgan fingerprint density at radius 1 is 1.04 bits per heavy atom. The van der Waals surface area contributed by atoms with Gasteiger partial charge in [-0.3, -0.25) is 0 Å². The zero-order chi connectivity index (χ0) is 17.1. The Hall–Kier alpha value is -2.82. The fraction of sp³-hybridized carbons (Fsp3) is 0.300. The smallest absolute Gasteiger partial charge is 0.165 e. The summed E-state index contributed by atoms with van der Waals surface area (Å²) in [7, 11) is 0. The zero-order valence-corrected chi connectivity index (χ0v) is 14.3. The molecule has 2 aromatic heterocycles. The van der Waals surface area contributed by atoms with E-state index in [1.54, 1.807) is 0 Å². The van der Waals surface area contributed by atoms with Gasteiger partial charge in [-0.15, -0.1) is 0 Å². The molecule has 5 nitrogen and oxygen atoms in total. The van der Waals surface area contributed by atoms with Crippen molar-refractivity contribution in [2.24, 2.45) is 0 Å². The van der Waals surface area contributed by atoms with Gasteiger partial charge in [0, 0.05) is 30.5 Å². The van der Waals surface area contributed by atoms with Crippen molar-refractivity contribution in [1.82, 2.24) is 19.9 Å². The maximum Gasteiger partial charge on any atom is 0.165 e. The number of nitrogens with one attached hydrogen (secondary N) is 2. The van der Waals surface area contributed by atoms with Crippen LogP contribution in [0.1, 0.15) is 24.8 Å². The van der Waals surface area contributed by atoms with Crippen molar-refractivity contribution in [3.63, 3.8) is 0 Å². The second-order valence-electron chi connectivity index (χ2n) is 6.50. The fourth-order valence-corrected chi connectivity index (χ4v) is 3.25. The van der Waals surface area contributed by atoms with Gasteiger partial charge in [0.05, 0.1) is 6.20 Å². The van der Waals surface area contributed by atoms with E-state index in [0.29, 0.717) is 0 Å². The van der Waals surface area contributed by atoms with Crippen LogP contribution >= 0.6 is 0 Å². The summed E-state index contributed by atoms with van der Waals surface area (Å²) in [6.45, 7) is 5.77. The monoisotopic (exact) mass is 333 g/mol. The first-order chi connectivity index (χ1) is 12.3. The highest BCUT2D eigenvalue weighted by Gasteiger charge is 2.10. The van der Waals surface area contributed by atoms with Gasteiger partial charge in [-0.1, -0.05) is 30.8 Å². The van der Waals surface area contributed by atoms with Crippen molar-refractivity contribution in [3.8, 4) is 11.1 Å². The number of allylic oxidation sites excluding steroid dienone is 1. The van der Waals surface area contributed by atoms with Gasteiger partial charge in [0.15, 0.2) is 5.65 Å². The maximum absolute atomic E-state index is 4.76. The second-order valence-corrected chi connectivity index (χ2v) is 6.50. The van der Waals surface area contributed by atoms with Crippen LogP contribution < -0.4 is 10.6 Å². The Labute approximate surface area is 147 Å². The van der Waals surface area contributed by atoms with Crippen LogP contribution in [0.4, 0.5) is 5.82 Å². The Bertz CT molecular complexity index is 896. The topological polar surface area (TPSA) is 54.2 Å². The van der Waals surface area contributed by atoms with E-state index in [1.807, 2.05) is 23.0 Å². The van der Waals surface area contributed by atoms with Gasteiger partial charge in [0.25, 0.3) is 0 Å². The molecule has 4 bridgehead atoms. The third kappa shape index (κ3) is 3.50. The van der Waals surface area contributed by atoms with Crippen LogP contribution in [-0.4, -0.2) is 27.7 Å². The lowest BCUT2D eigenvalue weighted by atomic mass is 10.0. The van der Waals surface area contributed by atoms with Crippen LogP contribution in [-0.2, 0) is 6.42 Å². The molecule has 2 N–H and O–H groups in total. The summed E-state index contributed by atoms with van der Waals surface area (Å²) in [5.41, 5.74) is 5.60. The molecule has 1 aliphatic rings. The van der Waals surface area contributed by atoms with E-state index >= 15 is 0 Å². The van der Waals surface area contributed by atoms with Gasteiger partial charge < -0.3 is 10.6 Å². The van der Waals surface area contributed by atoms with E-state index < -0.39 is 0 Å².